The van der Waals surface area contributed by atoms with E-state index in [1.165, 1.54) is 5.41 Å². The fraction of sp³-hybridized carbons (Fsp3) is 0.462. The molecule has 1 heterocycles. The lowest BCUT2D eigenvalue weighted by atomic mass is 10.3. The van der Waals surface area contributed by atoms with Crippen LogP contribution in [0.25, 0.3) is 0 Å². The van der Waals surface area contributed by atoms with E-state index in [0.29, 0.717) is 0 Å². The number of hydrogen-bond donors (Lipinski definition) is 4. The van der Waals surface area contributed by atoms with E-state index in [1.807, 2.05) is 0 Å². The highest BCUT2D eigenvalue weighted by Gasteiger charge is 2.23. The molecule has 0 saturated heterocycles. The molecular weight excluding hydrogens is 340 g/mol. The second-order valence-electron chi connectivity index (χ2n) is 4.04. The molecular formula is C13H20N4O6S. The van der Waals surface area contributed by atoms with Crippen LogP contribution in [0.4, 0.5) is 14.4 Å². The Bertz CT molecular complexity index is 549. The summed E-state index contributed by atoms with van der Waals surface area (Å²) < 4.78 is 17.2. The van der Waals surface area contributed by atoms with Crippen molar-refractivity contribution in [2.75, 3.05) is 19.8 Å². The summed E-state index contributed by atoms with van der Waals surface area (Å²) in [5, 5.41) is 8.88. The number of carbonyl (C=O) groups is 3. The van der Waals surface area contributed by atoms with Crippen LogP contribution in [0.5, 0.6) is 0 Å². The molecule has 0 aromatic heterocycles. The second kappa shape index (κ2) is 10.3. The molecule has 134 valence electrons. The van der Waals surface area contributed by atoms with Gasteiger partial charge in [-0.3, -0.25) is 16.0 Å². The topological polar surface area (TPSA) is 127 Å². The molecule has 10 nitrogen and oxygen atoms in total. The number of amides is 3. The van der Waals surface area contributed by atoms with Crippen molar-refractivity contribution in [3.8, 4) is 0 Å². The predicted molar refractivity (Wildman–Crippen MR) is 86.3 cm³/mol. The molecule has 0 aromatic rings. The van der Waals surface area contributed by atoms with Gasteiger partial charge in [-0.2, -0.15) is 0 Å². The van der Waals surface area contributed by atoms with Gasteiger partial charge in [0.2, 0.25) is 0 Å². The smallest absolute Gasteiger partial charge is 0.412 e. The van der Waals surface area contributed by atoms with Gasteiger partial charge in [0.25, 0.3) is 0 Å². The predicted octanol–water partition coefficient (Wildman–Crippen LogP) is 1.49. The highest BCUT2D eigenvalue weighted by atomic mass is 32.2. The minimum Gasteiger partial charge on any atom is -0.450 e. The van der Waals surface area contributed by atoms with Gasteiger partial charge in [0, 0.05) is 5.41 Å². The van der Waals surface area contributed by atoms with Crippen molar-refractivity contribution in [1.29, 1.82) is 0 Å². The van der Waals surface area contributed by atoms with Gasteiger partial charge in [0.05, 0.1) is 25.5 Å². The van der Waals surface area contributed by atoms with Gasteiger partial charge < -0.3 is 18.9 Å². The lowest BCUT2D eigenvalue weighted by Crippen LogP contribution is -2.40. The quantitative estimate of drug-likeness (QED) is 0.414. The molecule has 3 amide bonds. The van der Waals surface area contributed by atoms with Gasteiger partial charge in [-0.1, -0.05) is 0 Å². The molecule has 0 aromatic carbocycles. The molecule has 11 heteroatoms. The number of nitrogens with one attached hydrogen (secondary N) is 4. The molecule has 1 aliphatic rings. The van der Waals surface area contributed by atoms with Gasteiger partial charge in [0.15, 0.2) is 0 Å². The van der Waals surface area contributed by atoms with Crippen molar-refractivity contribution in [1.82, 2.24) is 20.7 Å². The molecule has 0 aliphatic carbocycles. The summed E-state index contributed by atoms with van der Waals surface area (Å²) in [4.78, 5) is 34.9. The van der Waals surface area contributed by atoms with Gasteiger partial charge in [-0.05, 0) is 32.7 Å². The maximum Gasteiger partial charge on any atom is 0.412 e. The molecule has 0 unspecified atom stereocenters. The van der Waals surface area contributed by atoms with Gasteiger partial charge in [0.1, 0.15) is 11.5 Å². The minimum absolute atomic E-state index is 0.105. The standard InChI is InChI=1S/C13H20N4O6S/c1-4-21-11(18)14-8-7-24-17-10(16-13(20)23-6-3)9(8)15-12(19)22-5-2/h7,17H,4-6H2,1-3H3,(H,14,18)(H,15,19)(H,16,20). The van der Waals surface area contributed by atoms with E-state index in [1.54, 1.807) is 20.8 Å². The normalized spacial score (nSPS) is 13.2. The average Bonchev–Trinajstić information content (AvgIpc) is 2.51. The Kier molecular flexibility index (Phi) is 8.33. The van der Waals surface area contributed by atoms with E-state index in [2.05, 4.69) is 20.7 Å². The first kappa shape index (κ1) is 19.5. The Morgan fingerprint density at radius 1 is 0.917 bits per heavy atom. The lowest BCUT2D eigenvalue weighted by Gasteiger charge is -2.23. The molecule has 0 spiro atoms. The monoisotopic (exact) mass is 360 g/mol. The van der Waals surface area contributed by atoms with Crippen LogP contribution in [0.15, 0.2) is 22.6 Å². The van der Waals surface area contributed by atoms with Crippen molar-refractivity contribution in [2.24, 2.45) is 0 Å². The van der Waals surface area contributed by atoms with E-state index in [-0.39, 0.29) is 37.0 Å². The Hall–Kier alpha value is -2.56. The molecule has 0 atom stereocenters. The third kappa shape index (κ3) is 6.28. The van der Waals surface area contributed by atoms with Crippen LogP contribution >= 0.6 is 11.9 Å². The molecule has 1 rings (SSSR count). The van der Waals surface area contributed by atoms with Crippen molar-refractivity contribution in [3.05, 3.63) is 22.6 Å². The Morgan fingerprint density at radius 2 is 1.42 bits per heavy atom. The summed E-state index contributed by atoms with van der Waals surface area (Å²) in [5.41, 5.74) is 0.324. The number of carbonyl (C=O) groups excluding carboxylic acids is 3. The highest BCUT2D eigenvalue weighted by molar-refractivity contribution is 8.00. The van der Waals surface area contributed by atoms with E-state index in [4.69, 9.17) is 14.2 Å². The van der Waals surface area contributed by atoms with Crippen LogP contribution < -0.4 is 20.7 Å². The van der Waals surface area contributed by atoms with Gasteiger partial charge in [-0.15, -0.1) is 0 Å². The Balaban J connectivity index is 2.99. The Labute approximate surface area is 143 Å². The van der Waals surface area contributed by atoms with Crippen LogP contribution in [-0.4, -0.2) is 38.1 Å². The van der Waals surface area contributed by atoms with E-state index < -0.39 is 18.3 Å². The van der Waals surface area contributed by atoms with Gasteiger partial charge in [-0.25, -0.2) is 14.4 Å². The first-order chi connectivity index (χ1) is 11.5. The van der Waals surface area contributed by atoms with E-state index in [9.17, 15) is 14.4 Å². The number of rotatable bonds is 6. The minimum atomic E-state index is -0.749. The number of hydrogen-bond acceptors (Lipinski definition) is 8. The van der Waals surface area contributed by atoms with Crippen LogP contribution in [-0.2, 0) is 14.2 Å². The van der Waals surface area contributed by atoms with Gasteiger partial charge >= 0.3 is 18.3 Å². The molecule has 4 N–H and O–H groups in total. The number of ether oxygens (including phenoxy) is 3. The number of alkyl carbamates (subject to hydrolysis) is 3. The molecule has 1 aliphatic heterocycles. The third-order valence-corrected chi connectivity index (χ3v) is 3.05. The summed E-state index contributed by atoms with van der Waals surface area (Å²) in [7, 11) is 0. The molecule has 24 heavy (non-hydrogen) atoms. The van der Waals surface area contributed by atoms with Crippen LogP contribution in [0, 0.1) is 0 Å². The van der Waals surface area contributed by atoms with Crippen LogP contribution in [0.2, 0.25) is 0 Å². The zero-order chi connectivity index (χ0) is 17.9. The van der Waals surface area contributed by atoms with Crippen molar-refractivity contribution in [3.63, 3.8) is 0 Å². The lowest BCUT2D eigenvalue weighted by molar-refractivity contribution is 0.150. The van der Waals surface area contributed by atoms with E-state index in [0.717, 1.165) is 11.9 Å². The fourth-order valence-electron chi connectivity index (χ4n) is 1.52. The zero-order valence-electron chi connectivity index (χ0n) is 13.6. The van der Waals surface area contributed by atoms with Crippen molar-refractivity contribution >= 4 is 30.2 Å². The summed E-state index contributed by atoms with van der Waals surface area (Å²) >= 11 is 1.07. The maximum absolute atomic E-state index is 11.7. The largest absolute Gasteiger partial charge is 0.450 e. The Morgan fingerprint density at radius 3 is 1.96 bits per heavy atom. The molecule has 0 saturated carbocycles. The second-order valence-corrected chi connectivity index (χ2v) is 4.71. The van der Waals surface area contributed by atoms with Crippen molar-refractivity contribution in [2.45, 2.75) is 20.8 Å². The maximum atomic E-state index is 11.7. The summed E-state index contributed by atoms with van der Waals surface area (Å²) in [6, 6.07) is 0. The fourth-order valence-corrected chi connectivity index (χ4v) is 2.14. The SMILES string of the molecule is CCOC(=O)NC1=CSNC(NC(=O)OCC)=C1NC(=O)OCC. The highest BCUT2D eigenvalue weighted by Crippen LogP contribution is 2.19. The molecule has 0 fully saturated rings. The average molecular weight is 360 g/mol. The van der Waals surface area contributed by atoms with Crippen LogP contribution in [0.1, 0.15) is 20.8 Å². The summed E-state index contributed by atoms with van der Waals surface area (Å²) in [6.07, 6.45) is -2.17. The first-order valence-corrected chi connectivity index (χ1v) is 8.07. The van der Waals surface area contributed by atoms with Crippen LogP contribution in [0.3, 0.4) is 0 Å². The molecule has 0 radical (unpaired) electrons. The summed E-state index contributed by atoms with van der Waals surface area (Å²) in [6.45, 7) is 5.48. The third-order valence-electron chi connectivity index (χ3n) is 2.37. The van der Waals surface area contributed by atoms with Crippen molar-refractivity contribution < 1.29 is 28.6 Å². The van der Waals surface area contributed by atoms with E-state index >= 15 is 0 Å². The zero-order valence-corrected chi connectivity index (χ0v) is 14.4. The summed E-state index contributed by atoms with van der Waals surface area (Å²) in [5.74, 6) is 0.126. The first-order valence-electron chi connectivity index (χ1n) is 7.19. The molecule has 0 bridgehead atoms.